The van der Waals surface area contributed by atoms with Crippen LogP contribution in [-0.2, 0) is 6.54 Å². The number of benzene rings is 1. The third-order valence-corrected chi connectivity index (χ3v) is 2.85. The molecule has 1 heterocycles. The van der Waals surface area contributed by atoms with Crippen LogP contribution in [-0.4, -0.2) is 9.55 Å². The van der Waals surface area contributed by atoms with E-state index in [0.717, 1.165) is 10.0 Å². The third kappa shape index (κ3) is 2.71. The van der Waals surface area contributed by atoms with Crippen LogP contribution in [0.2, 0.25) is 5.15 Å². The Kier molecular flexibility index (Phi) is 3.41. The molecule has 2 rings (SSSR count). The van der Waals surface area contributed by atoms with Crippen molar-refractivity contribution in [1.29, 1.82) is 0 Å². The molecule has 0 aliphatic carbocycles. The quantitative estimate of drug-likeness (QED) is 0.799. The van der Waals surface area contributed by atoms with Crippen LogP contribution in [0.25, 0.3) is 0 Å². The van der Waals surface area contributed by atoms with Gasteiger partial charge < -0.3 is 0 Å². The number of hydrogen-bond acceptors (Lipinski definition) is 2. The zero-order valence-electron chi connectivity index (χ0n) is 8.23. The number of hydrogen-bond donors (Lipinski definition) is 0. The van der Waals surface area contributed by atoms with E-state index in [2.05, 4.69) is 20.9 Å². The van der Waals surface area contributed by atoms with Crippen molar-refractivity contribution in [3.05, 3.63) is 62.2 Å². The molecule has 0 radical (unpaired) electrons. The Morgan fingerprint density at radius 1 is 1.31 bits per heavy atom. The van der Waals surface area contributed by atoms with E-state index in [4.69, 9.17) is 11.6 Å². The number of nitrogens with zero attached hydrogens (tertiary/aromatic N) is 2. The van der Waals surface area contributed by atoms with E-state index < -0.39 is 0 Å². The van der Waals surface area contributed by atoms with Crippen molar-refractivity contribution >= 4 is 27.5 Å². The van der Waals surface area contributed by atoms with Gasteiger partial charge in [-0.25, -0.2) is 4.98 Å². The first-order valence-electron chi connectivity index (χ1n) is 4.61. The van der Waals surface area contributed by atoms with Gasteiger partial charge in [0.15, 0.2) is 0 Å². The Hall–Kier alpha value is -1.13. The van der Waals surface area contributed by atoms with Crippen molar-refractivity contribution < 1.29 is 0 Å². The van der Waals surface area contributed by atoms with Crippen LogP contribution >= 0.6 is 27.5 Å². The van der Waals surface area contributed by atoms with Gasteiger partial charge in [-0.2, -0.15) is 0 Å². The number of aromatic nitrogens is 2. The van der Waals surface area contributed by atoms with Crippen molar-refractivity contribution in [3.63, 3.8) is 0 Å². The van der Waals surface area contributed by atoms with Crippen molar-refractivity contribution in [3.8, 4) is 0 Å². The van der Waals surface area contributed by atoms with Crippen LogP contribution in [0.15, 0.2) is 45.9 Å². The normalized spacial score (nSPS) is 10.4. The van der Waals surface area contributed by atoms with Gasteiger partial charge in [0.2, 0.25) is 0 Å². The summed E-state index contributed by atoms with van der Waals surface area (Å²) in [6, 6.07) is 9.07. The second-order valence-electron chi connectivity index (χ2n) is 3.30. The molecule has 0 fully saturated rings. The Labute approximate surface area is 106 Å². The molecule has 1 aromatic carbocycles. The van der Waals surface area contributed by atoms with Crippen LogP contribution in [0, 0.1) is 0 Å². The molecular formula is C11H8BrClN2O. The zero-order chi connectivity index (χ0) is 11.5. The summed E-state index contributed by atoms with van der Waals surface area (Å²) in [7, 11) is 0. The molecule has 2 aromatic rings. The first-order chi connectivity index (χ1) is 7.65. The first kappa shape index (κ1) is 11.4. The molecule has 1 aromatic heterocycles. The zero-order valence-corrected chi connectivity index (χ0v) is 10.6. The van der Waals surface area contributed by atoms with E-state index in [-0.39, 0.29) is 10.7 Å². The average molecular weight is 300 g/mol. The SMILES string of the molecule is O=c1cc(Cl)ncn1Cc1ccc(Br)cc1. The topological polar surface area (TPSA) is 34.9 Å². The lowest BCUT2D eigenvalue weighted by Crippen LogP contribution is -2.19. The summed E-state index contributed by atoms with van der Waals surface area (Å²) in [6.07, 6.45) is 1.45. The van der Waals surface area contributed by atoms with Gasteiger partial charge in [-0.05, 0) is 17.7 Å². The number of halogens is 2. The van der Waals surface area contributed by atoms with E-state index in [1.165, 1.54) is 17.0 Å². The van der Waals surface area contributed by atoms with Crippen LogP contribution in [0.3, 0.4) is 0 Å². The van der Waals surface area contributed by atoms with Gasteiger partial charge in [0.1, 0.15) is 5.15 Å². The van der Waals surface area contributed by atoms with E-state index in [9.17, 15) is 4.79 Å². The molecule has 0 spiro atoms. The maximum Gasteiger partial charge on any atom is 0.255 e. The average Bonchev–Trinajstić information content (AvgIpc) is 2.25. The van der Waals surface area contributed by atoms with E-state index in [0.29, 0.717) is 6.54 Å². The second kappa shape index (κ2) is 4.80. The van der Waals surface area contributed by atoms with E-state index in [1.807, 2.05) is 24.3 Å². The molecule has 82 valence electrons. The fourth-order valence-corrected chi connectivity index (χ4v) is 1.71. The third-order valence-electron chi connectivity index (χ3n) is 2.11. The maximum atomic E-state index is 11.5. The lowest BCUT2D eigenvalue weighted by molar-refractivity contribution is 0.736. The van der Waals surface area contributed by atoms with Crippen LogP contribution in [0.4, 0.5) is 0 Å². The molecule has 0 saturated heterocycles. The van der Waals surface area contributed by atoms with Gasteiger partial charge in [-0.1, -0.05) is 39.7 Å². The van der Waals surface area contributed by atoms with E-state index in [1.54, 1.807) is 0 Å². The van der Waals surface area contributed by atoms with Gasteiger partial charge in [0.25, 0.3) is 5.56 Å². The molecule has 5 heteroatoms. The minimum atomic E-state index is -0.150. The van der Waals surface area contributed by atoms with Crippen LogP contribution in [0.5, 0.6) is 0 Å². The van der Waals surface area contributed by atoms with Gasteiger partial charge in [0.05, 0.1) is 12.9 Å². The van der Waals surface area contributed by atoms with Gasteiger partial charge in [-0.15, -0.1) is 0 Å². The lowest BCUT2D eigenvalue weighted by atomic mass is 10.2. The van der Waals surface area contributed by atoms with Gasteiger partial charge >= 0.3 is 0 Å². The Balaban J connectivity index is 2.27. The summed E-state index contributed by atoms with van der Waals surface area (Å²) in [5, 5.41) is 0.219. The Morgan fingerprint density at radius 3 is 2.62 bits per heavy atom. The van der Waals surface area contributed by atoms with Crippen molar-refractivity contribution in [2.45, 2.75) is 6.54 Å². The molecule has 0 saturated carbocycles. The number of rotatable bonds is 2. The fraction of sp³-hybridized carbons (Fsp3) is 0.0909. The highest BCUT2D eigenvalue weighted by molar-refractivity contribution is 9.10. The maximum absolute atomic E-state index is 11.5. The molecule has 0 N–H and O–H groups in total. The molecular weight excluding hydrogens is 291 g/mol. The highest BCUT2D eigenvalue weighted by Gasteiger charge is 1.99. The summed E-state index contributed by atoms with van der Waals surface area (Å²) < 4.78 is 2.52. The predicted octanol–water partition coefficient (Wildman–Crippen LogP) is 2.71. The molecule has 16 heavy (non-hydrogen) atoms. The summed E-state index contributed by atoms with van der Waals surface area (Å²) >= 11 is 8.97. The highest BCUT2D eigenvalue weighted by atomic mass is 79.9. The summed E-state index contributed by atoms with van der Waals surface area (Å²) in [4.78, 5) is 15.4. The standard InChI is InChI=1S/C11H8BrClN2O/c12-9-3-1-8(2-4-9)6-15-7-14-10(13)5-11(15)16/h1-5,7H,6H2. The molecule has 0 unspecified atom stereocenters. The minimum Gasteiger partial charge on any atom is -0.295 e. The van der Waals surface area contributed by atoms with Gasteiger partial charge in [-0.3, -0.25) is 9.36 Å². The predicted molar refractivity (Wildman–Crippen MR) is 66.8 cm³/mol. The first-order valence-corrected chi connectivity index (χ1v) is 5.79. The monoisotopic (exact) mass is 298 g/mol. The molecule has 0 atom stereocenters. The van der Waals surface area contributed by atoms with Crippen molar-refractivity contribution in [2.75, 3.05) is 0 Å². The molecule has 0 aliphatic rings. The largest absolute Gasteiger partial charge is 0.295 e. The van der Waals surface area contributed by atoms with E-state index >= 15 is 0 Å². The van der Waals surface area contributed by atoms with Crippen LogP contribution < -0.4 is 5.56 Å². The fourth-order valence-electron chi connectivity index (χ4n) is 1.31. The lowest BCUT2D eigenvalue weighted by Gasteiger charge is -2.04. The molecule has 0 amide bonds. The summed E-state index contributed by atoms with van der Waals surface area (Å²) in [5.74, 6) is 0. The molecule has 0 bridgehead atoms. The molecule has 0 aliphatic heterocycles. The smallest absolute Gasteiger partial charge is 0.255 e. The Bertz CT molecular complexity index is 551. The van der Waals surface area contributed by atoms with Crippen molar-refractivity contribution in [1.82, 2.24) is 9.55 Å². The molecule has 3 nitrogen and oxygen atoms in total. The summed E-state index contributed by atoms with van der Waals surface area (Å²) in [5.41, 5.74) is 0.886. The Morgan fingerprint density at radius 2 is 2.00 bits per heavy atom. The van der Waals surface area contributed by atoms with Crippen molar-refractivity contribution in [2.24, 2.45) is 0 Å². The second-order valence-corrected chi connectivity index (χ2v) is 4.61. The minimum absolute atomic E-state index is 0.150. The van der Waals surface area contributed by atoms with Crippen LogP contribution in [0.1, 0.15) is 5.56 Å². The van der Waals surface area contributed by atoms with Gasteiger partial charge in [0, 0.05) is 10.5 Å². The summed E-state index contributed by atoms with van der Waals surface area (Å²) in [6.45, 7) is 0.496. The highest BCUT2D eigenvalue weighted by Crippen LogP contribution is 2.11.